The van der Waals surface area contributed by atoms with Gasteiger partial charge < -0.3 is 4.74 Å². The number of fused-ring (bicyclic) bond motifs is 1. The molecular weight excluding hydrogens is 445 g/mol. The van der Waals surface area contributed by atoms with Gasteiger partial charge in [0.05, 0.1) is 6.61 Å². The van der Waals surface area contributed by atoms with Gasteiger partial charge >= 0.3 is 0 Å². The molecule has 0 aliphatic carbocycles. The molecule has 1 nitrogen and oxygen atoms in total. The van der Waals surface area contributed by atoms with Crippen molar-refractivity contribution >= 4 is 10.8 Å². The molecule has 35 heavy (non-hydrogen) atoms. The predicted molar refractivity (Wildman–Crippen MR) is 137 cm³/mol. The highest BCUT2D eigenvalue weighted by atomic mass is 19.2. The van der Waals surface area contributed by atoms with Crippen molar-refractivity contribution in [3.63, 3.8) is 0 Å². The third kappa shape index (κ3) is 6.45. The molecule has 0 spiro atoms. The van der Waals surface area contributed by atoms with Crippen molar-refractivity contribution < 1.29 is 17.9 Å². The number of rotatable bonds is 11. The van der Waals surface area contributed by atoms with Gasteiger partial charge in [0.15, 0.2) is 11.6 Å². The van der Waals surface area contributed by atoms with Crippen LogP contribution in [0, 0.1) is 17.5 Å². The SMILES string of the molecule is CCCCCCCOc1ccc(-c2ccc3c(F)c(CCc4ccc(F)c(F)c4)ccc3c2)cc1. The van der Waals surface area contributed by atoms with E-state index in [0.29, 0.717) is 29.4 Å². The summed E-state index contributed by atoms with van der Waals surface area (Å²) in [5, 5.41) is 1.38. The van der Waals surface area contributed by atoms with Gasteiger partial charge in [0.1, 0.15) is 11.6 Å². The van der Waals surface area contributed by atoms with Crippen LogP contribution < -0.4 is 4.74 Å². The van der Waals surface area contributed by atoms with Gasteiger partial charge in [0.2, 0.25) is 0 Å². The Morgan fingerprint density at radius 1 is 0.657 bits per heavy atom. The number of ether oxygens (including phenoxy) is 1. The number of benzene rings is 4. The molecule has 0 amide bonds. The third-order valence-corrected chi connectivity index (χ3v) is 6.41. The molecule has 0 atom stereocenters. The summed E-state index contributed by atoms with van der Waals surface area (Å²) >= 11 is 0. The normalized spacial score (nSPS) is 11.2. The van der Waals surface area contributed by atoms with Crippen LogP contribution in [0.15, 0.2) is 72.8 Å². The zero-order valence-corrected chi connectivity index (χ0v) is 20.1. The van der Waals surface area contributed by atoms with E-state index in [1.54, 1.807) is 6.07 Å². The van der Waals surface area contributed by atoms with Crippen LogP contribution in [0.5, 0.6) is 5.75 Å². The van der Waals surface area contributed by atoms with Crippen molar-refractivity contribution in [2.75, 3.05) is 6.61 Å². The van der Waals surface area contributed by atoms with E-state index >= 15 is 4.39 Å². The van der Waals surface area contributed by atoms with E-state index in [1.807, 2.05) is 48.5 Å². The van der Waals surface area contributed by atoms with Gasteiger partial charge in [-0.05, 0) is 77.2 Å². The summed E-state index contributed by atoms with van der Waals surface area (Å²) in [7, 11) is 0. The van der Waals surface area contributed by atoms with Crippen LogP contribution in [0.1, 0.15) is 50.2 Å². The Labute approximate surface area is 205 Å². The molecule has 0 saturated carbocycles. The van der Waals surface area contributed by atoms with E-state index < -0.39 is 11.6 Å². The molecule has 0 heterocycles. The first-order valence-corrected chi connectivity index (χ1v) is 12.4. The van der Waals surface area contributed by atoms with E-state index in [2.05, 4.69) is 6.92 Å². The lowest BCUT2D eigenvalue weighted by atomic mass is 9.97. The Kier molecular flexibility index (Phi) is 8.46. The van der Waals surface area contributed by atoms with E-state index in [0.717, 1.165) is 41.4 Å². The average molecular weight is 477 g/mol. The molecule has 0 radical (unpaired) electrons. The van der Waals surface area contributed by atoms with Gasteiger partial charge in [-0.2, -0.15) is 0 Å². The van der Waals surface area contributed by atoms with Gasteiger partial charge in [-0.1, -0.05) is 75.1 Å². The fourth-order valence-electron chi connectivity index (χ4n) is 4.32. The molecule has 182 valence electrons. The quantitative estimate of drug-likeness (QED) is 0.196. The molecule has 0 aromatic heterocycles. The molecule has 0 aliphatic heterocycles. The first kappa shape index (κ1) is 24.8. The lowest BCUT2D eigenvalue weighted by molar-refractivity contribution is 0.304. The first-order chi connectivity index (χ1) is 17.0. The fourth-order valence-corrected chi connectivity index (χ4v) is 4.32. The Morgan fingerprint density at radius 2 is 1.43 bits per heavy atom. The minimum Gasteiger partial charge on any atom is -0.494 e. The van der Waals surface area contributed by atoms with Gasteiger partial charge in [0, 0.05) is 5.39 Å². The van der Waals surface area contributed by atoms with Crippen molar-refractivity contribution in [1.82, 2.24) is 0 Å². The zero-order valence-electron chi connectivity index (χ0n) is 20.1. The van der Waals surface area contributed by atoms with Crippen LogP contribution >= 0.6 is 0 Å². The van der Waals surface area contributed by atoms with Crippen LogP contribution in [-0.4, -0.2) is 6.61 Å². The van der Waals surface area contributed by atoms with E-state index in [9.17, 15) is 8.78 Å². The largest absolute Gasteiger partial charge is 0.494 e. The summed E-state index contributed by atoms with van der Waals surface area (Å²) in [5.41, 5.74) is 3.26. The highest BCUT2D eigenvalue weighted by molar-refractivity contribution is 5.88. The Hall–Kier alpha value is -3.27. The third-order valence-electron chi connectivity index (χ3n) is 6.41. The maximum atomic E-state index is 15.2. The smallest absolute Gasteiger partial charge is 0.159 e. The summed E-state index contributed by atoms with van der Waals surface area (Å²) in [4.78, 5) is 0. The molecule has 0 N–H and O–H groups in total. The fraction of sp³-hybridized carbons (Fsp3) is 0.290. The second-order valence-corrected chi connectivity index (χ2v) is 9.01. The summed E-state index contributed by atoms with van der Waals surface area (Å²) in [6.45, 7) is 2.94. The topological polar surface area (TPSA) is 9.23 Å². The molecule has 0 saturated heterocycles. The van der Waals surface area contributed by atoms with Crippen molar-refractivity contribution in [2.45, 2.75) is 51.9 Å². The minimum absolute atomic E-state index is 0.265. The van der Waals surface area contributed by atoms with Crippen molar-refractivity contribution in [1.29, 1.82) is 0 Å². The molecule has 0 fully saturated rings. The number of aryl methyl sites for hydroxylation is 2. The summed E-state index contributed by atoms with van der Waals surface area (Å²) in [5.74, 6) is -1.15. The average Bonchev–Trinajstić information content (AvgIpc) is 2.88. The summed E-state index contributed by atoms with van der Waals surface area (Å²) in [6, 6.07) is 21.2. The van der Waals surface area contributed by atoms with Crippen LogP contribution in [0.2, 0.25) is 0 Å². The molecule has 0 aliphatic rings. The number of unbranched alkanes of at least 4 members (excludes halogenated alkanes) is 4. The molecule has 4 rings (SSSR count). The first-order valence-electron chi connectivity index (χ1n) is 12.4. The van der Waals surface area contributed by atoms with Gasteiger partial charge in [-0.25, -0.2) is 13.2 Å². The van der Waals surface area contributed by atoms with E-state index in [1.165, 1.54) is 37.8 Å². The highest BCUT2D eigenvalue weighted by Gasteiger charge is 2.10. The maximum Gasteiger partial charge on any atom is 0.159 e. The predicted octanol–water partition coefficient (Wildman–Crippen LogP) is 9.06. The molecule has 4 aromatic rings. The van der Waals surface area contributed by atoms with Gasteiger partial charge in [-0.3, -0.25) is 0 Å². The molecular formula is C31H31F3O. The zero-order chi connectivity index (χ0) is 24.6. The molecule has 4 heteroatoms. The Balaban J connectivity index is 1.40. The Morgan fingerprint density at radius 3 is 2.20 bits per heavy atom. The van der Waals surface area contributed by atoms with Crippen LogP contribution in [0.3, 0.4) is 0 Å². The van der Waals surface area contributed by atoms with Crippen molar-refractivity contribution in [3.8, 4) is 16.9 Å². The van der Waals surface area contributed by atoms with Crippen LogP contribution in [-0.2, 0) is 12.8 Å². The van der Waals surface area contributed by atoms with E-state index in [-0.39, 0.29) is 5.82 Å². The lowest BCUT2D eigenvalue weighted by Crippen LogP contribution is -1.97. The maximum absolute atomic E-state index is 15.2. The molecule has 0 bridgehead atoms. The monoisotopic (exact) mass is 476 g/mol. The summed E-state index contributed by atoms with van der Waals surface area (Å²) in [6.07, 6.45) is 6.90. The number of hydrogen-bond acceptors (Lipinski definition) is 1. The number of halogens is 3. The Bertz CT molecular complexity index is 1260. The second kappa shape index (κ2) is 11.9. The second-order valence-electron chi connectivity index (χ2n) is 9.01. The van der Waals surface area contributed by atoms with E-state index in [4.69, 9.17) is 4.74 Å². The minimum atomic E-state index is -0.879. The van der Waals surface area contributed by atoms with Crippen LogP contribution in [0.25, 0.3) is 21.9 Å². The van der Waals surface area contributed by atoms with Gasteiger partial charge in [0.25, 0.3) is 0 Å². The lowest BCUT2D eigenvalue weighted by Gasteiger charge is -2.10. The number of hydrogen-bond donors (Lipinski definition) is 0. The van der Waals surface area contributed by atoms with Crippen LogP contribution in [0.4, 0.5) is 13.2 Å². The standard InChI is InChI=1S/C31H31F3O/c1-2-3-4-5-6-19-35-27-15-12-23(13-16-27)25-14-17-28-26(21-25)11-10-24(31(28)34)9-7-22-8-18-29(32)30(33)20-22/h8,10-18,20-21H,2-7,9,19H2,1H3. The van der Waals surface area contributed by atoms with Crippen molar-refractivity contribution in [2.24, 2.45) is 0 Å². The summed E-state index contributed by atoms with van der Waals surface area (Å²) < 4.78 is 47.6. The van der Waals surface area contributed by atoms with Crippen molar-refractivity contribution in [3.05, 3.63) is 101 Å². The molecule has 0 unspecified atom stereocenters. The highest BCUT2D eigenvalue weighted by Crippen LogP contribution is 2.29. The van der Waals surface area contributed by atoms with Gasteiger partial charge in [-0.15, -0.1) is 0 Å². The molecule has 4 aromatic carbocycles.